The van der Waals surface area contributed by atoms with Crippen LogP contribution in [0, 0.1) is 0 Å². The van der Waals surface area contributed by atoms with Crippen LogP contribution in [0.15, 0.2) is 48.5 Å². The number of nitrogens with one attached hydrogen (secondary N) is 1. The summed E-state index contributed by atoms with van der Waals surface area (Å²) in [6.45, 7) is 1.66. The summed E-state index contributed by atoms with van der Waals surface area (Å²) in [7, 11) is 0. The van der Waals surface area contributed by atoms with Gasteiger partial charge in [0.25, 0.3) is 5.91 Å². The molecule has 0 spiro atoms. The van der Waals surface area contributed by atoms with Crippen LogP contribution in [-0.4, -0.2) is 41.3 Å². The number of para-hydroxylation sites is 1. The standard InChI is InChI=1S/C19H21N3O2S.ClH/c20-17-4-2-1-3-16(17)19(24)21-15-7-5-14(6-8-15)13-18(23)22-9-11-25-12-10-22;/h1-8H,9-13,20H2,(H,21,24);1H. The minimum atomic E-state index is -0.243. The van der Waals surface area contributed by atoms with E-state index in [1.54, 1.807) is 24.3 Å². The van der Waals surface area contributed by atoms with Crippen LogP contribution < -0.4 is 11.1 Å². The third kappa shape index (κ3) is 5.16. The van der Waals surface area contributed by atoms with Gasteiger partial charge in [-0.05, 0) is 29.8 Å². The molecule has 1 fully saturated rings. The maximum Gasteiger partial charge on any atom is 0.257 e. The number of amides is 2. The van der Waals surface area contributed by atoms with Gasteiger partial charge in [-0.25, -0.2) is 0 Å². The molecule has 0 atom stereocenters. The first-order valence-electron chi connectivity index (χ1n) is 8.24. The number of nitrogen functional groups attached to an aromatic ring is 1. The van der Waals surface area contributed by atoms with Gasteiger partial charge in [-0.2, -0.15) is 11.8 Å². The molecule has 26 heavy (non-hydrogen) atoms. The number of hydrogen-bond donors (Lipinski definition) is 2. The number of hydrogen-bond acceptors (Lipinski definition) is 4. The van der Waals surface area contributed by atoms with Gasteiger partial charge in [0.05, 0.1) is 12.0 Å². The number of anilines is 2. The van der Waals surface area contributed by atoms with E-state index in [4.69, 9.17) is 5.73 Å². The summed E-state index contributed by atoms with van der Waals surface area (Å²) in [6.07, 6.45) is 0.393. The topological polar surface area (TPSA) is 75.4 Å². The normalized spacial score (nSPS) is 13.6. The van der Waals surface area contributed by atoms with E-state index in [1.807, 2.05) is 40.9 Å². The summed E-state index contributed by atoms with van der Waals surface area (Å²) in [5.41, 5.74) is 8.34. The number of rotatable bonds is 4. The first-order valence-corrected chi connectivity index (χ1v) is 9.39. The molecule has 0 saturated carbocycles. The Morgan fingerprint density at radius 2 is 1.69 bits per heavy atom. The lowest BCUT2D eigenvalue weighted by Crippen LogP contribution is -2.38. The van der Waals surface area contributed by atoms with Crippen molar-refractivity contribution in [2.24, 2.45) is 0 Å². The van der Waals surface area contributed by atoms with Crippen LogP contribution >= 0.6 is 24.2 Å². The molecule has 1 saturated heterocycles. The van der Waals surface area contributed by atoms with Crippen molar-refractivity contribution in [2.45, 2.75) is 6.42 Å². The molecular formula is C19H22ClN3O2S. The highest BCUT2D eigenvalue weighted by Crippen LogP contribution is 2.16. The summed E-state index contributed by atoms with van der Waals surface area (Å²) in [6, 6.07) is 14.3. The molecule has 1 aliphatic heterocycles. The van der Waals surface area contributed by atoms with Crippen molar-refractivity contribution in [2.75, 3.05) is 35.6 Å². The van der Waals surface area contributed by atoms with Crippen LogP contribution in [0.4, 0.5) is 11.4 Å². The second kappa shape index (κ2) is 9.50. The molecule has 0 aromatic heterocycles. The average Bonchev–Trinajstić information content (AvgIpc) is 2.64. The minimum Gasteiger partial charge on any atom is -0.398 e. The van der Waals surface area contributed by atoms with Gasteiger partial charge in [-0.1, -0.05) is 24.3 Å². The van der Waals surface area contributed by atoms with Crippen molar-refractivity contribution in [1.29, 1.82) is 0 Å². The fourth-order valence-electron chi connectivity index (χ4n) is 2.71. The smallest absolute Gasteiger partial charge is 0.257 e. The Morgan fingerprint density at radius 1 is 1.04 bits per heavy atom. The zero-order valence-electron chi connectivity index (χ0n) is 14.3. The zero-order chi connectivity index (χ0) is 17.6. The van der Waals surface area contributed by atoms with Crippen molar-refractivity contribution in [1.82, 2.24) is 4.90 Å². The number of carbonyl (C=O) groups is 2. The van der Waals surface area contributed by atoms with Crippen molar-refractivity contribution >= 4 is 47.4 Å². The molecule has 5 nitrogen and oxygen atoms in total. The highest BCUT2D eigenvalue weighted by Gasteiger charge is 2.17. The highest BCUT2D eigenvalue weighted by molar-refractivity contribution is 7.99. The molecule has 0 aliphatic carbocycles. The molecule has 0 bridgehead atoms. The second-order valence-corrected chi connectivity index (χ2v) is 7.13. The maximum absolute atomic E-state index is 12.3. The molecule has 0 radical (unpaired) electrons. The molecule has 1 heterocycles. The lowest BCUT2D eigenvalue weighted by Gasteiger charge is -2.26. The van der Waals surface area contributed by atoms with Gasteiger partial charge in [-0.3, -0.25) is 9.59 Å². The Balaban J connectivity index is 0.00000243. The first kappa shape index (κ1) is 20.1. The fraction of sp³-hybridized carbons (Fsp3) is 0.263. The molecule has 2 amide bonds. The predicted molar refractivity (Wildman–Crippen MR) is 110 cm³/mol. The van der Waals surface area contributed by atoms with E-state index in [0.29, 0.717) is 23.4 Å². The number of nitrogens with zero attached hydrogens (tertiary/aromatic N) is 1. The monoisotopic (exact) mass is 391 g/mol. The number of thioether (sulfide) groups is 1. The lowest BCUT2D eigenvalue weighted by molar-refractivity contribution is -0.130. The third-order valence-corrected chi connectivity index (χ3v) is 5.08. The van der Waals surface area contributed by atoms with Crippen LogP contribution in [0.3, 0.4) is 0 Å². The van der Waals surface area contributed by atoms with Gasteiger partial charge in [0.1, 0.15) is 0 Å². The van der Waals surface area contributed by atoms with Crippen molar-refractivity contribution in [3.63, 3.8) is 0 Å². The van der Waals surface area contributed by atoms with E-state index in [9.17, 15) is 9.59 Å². The van der Waals surface area contributed by atoms with Gasteiger partial charge in [-0.15, -0.1) is 12.4 Å². The summed E-state index contributed by atoms with van der Waals surface area (Å²) in [5, 5.41) is 2.83. The van der Waals surface area contributed by atoms with E-state index >= 15 is 0 Å². The van der Waals surface area contributed by atoms with Gasteiger partial charge in [0, 0.05) is 36.0 Å². The van der Waals surface area contributed by atoms with Crippen LogP contribution in [-0.2, 0) is 11.2 Å². The molecule has 1 aliphatic rings. The minimum absolute atomic E-state index is 0. The molecule has 3 rings (SSSR count). The summed E-state index contributed by atoms with van der Waals surface area (Å²) >= 11 is 1.89. The first-order chi connectivity index (χ1) is 12.1. The Bertz CT molecular complexity index is 762. The molecule has 138 valence electrons. The van der Waals surface area contributed by atoms with Gasteiger partial charge in [0.2, 0.25) is 5.91 Å². The number of nitrogens with two attached hydrogens (primary N) is 1. The van der Waals surface area contributed by atoms with Crippen molar-refractivity contribution in [3.8, 4) is 0 Å². The fourth-order valence-corrected chi connectivity index (χ4v) is 3.61. The Labute approximate surface area is 163 Å². The lowest BCUT2D eigenvalue weighted by atomic mass is 10.1. The van der Waals surface area contributed by atoms with E-state index < -0.39 is 0 Å². The summed E-state index contributed by atoms with van der Waals surface area (Å²) in [4.78, 5) is 26.5. The van der Waals surface area contributed by atoms with E-state index in [2.05, 4.69) is 5.32 Å². The van der Waals surface area contributed by atoms with Crippen LogP contribution in [0.1, 0.15) is 15.9 Å². The van der Waals surface area contributed by atoms with Gasteiger partial charge in [0.15, 0.2) is 0 Å². The molecular weight excluding hydrogens is 370 g/mol. The highest BCUT2D eigenvalue weighted by atomic mass is 35.5. The Morgan fingerprint density at radius 3 is 2.35 bits per heavy atom. The summed E-state index contributed by atoms with van der Waals surface area (Å²) < 4.78 is 0. The largest absolute Gasteiger partial charge is 0.398 e. The second-order valence-electron chi connectivity index (χ2n) is 5.91. The SMILES string of the molecule is Cl.Nc1ccccc1C(=O)Nc1ccc(CC(=O)N2CCSCC2)cc1. The van der Waals surface area contributed by atoms with Crippen molar-refractivity contribution < 1.29 is 9.59 Å². The van der Waals surface area contributed by atoms with Crippen molar-refractivity contribution in [3.05, 3.63) is 59.7 Å². The zero-order valence-corrected chi connectivity index (χ0v) is 15.9. The predicted octanol–water partition coefficient (Wildman–Crippen LogP) is 3.06. The molecule has 2 aromatic carbocycles. The maximum atomic E-state index is 12.3. The van der Waals surface area contributed by atoms with Crippen LogP contribution in [0.25, 0.3) is 0 Å². The van der Waals surface area contributed by atoms with E-state index in [0.717, 1.165) is 30.2 Å². The van der Waals surface area contributed by atoms with E-state index in [1.165, 1.54) is 0 Å². The van der Waals surface area contributed by atoms with E-state index in [-0.39, 0.29) is 24.2 Å². The van der Waals surface area contributed by atoms with Crippen LogP contribution in [0.5, 0.6) is 0 Å². The number of benzene rings is 2. The van der Waals surface area contributed by atoms with Gasteiger partial charge < -0.3 is 16.0 Å². The number of halogens is 1. The average molecular weight is 392 g/mol. The Hall–Kier alpha value is -2.18. The summed E-state index contributed by atoms with van der Waals surface area (Å²) in [5.74, 6) is 1.94. The Kier molecular flexibility index (Phi) is 7.36. The third-order valence-electron chi connectivity index (χ3n) is 4.14. The quantitative estimate of drug-likeness (QED) is 0.785. The number of carbonyl (C=O) groups excluding carboxylic acids is 2. The molecule has 2 aromatic rings. The molecule has 7 heteroatoms. The molecule has 0 unspecified atom stereocenters. The molecule has 3 N–H and O–H groups in total. The van der Waals surface area contributed by atoms with Crippen LogP contribution in [0.2, 0.25) is 0 Å². The van der Waals surface area contributed by atoms with Gasteiger partial charge >= 0.3 is 0 Å².